The van der Waals surface area contributed by atoms with Crippen molar-refractivity contribution in [3.63, 3.8) is 0 Å². The van der Waals surface area contributed by atoms with Crippen molar-refractivity contribution in [1.29, 1.82) is 0 Å². The van der Waals surface area contributed by atoms with Gasteiger partial charge in [-0.05, 0) is 44.6 Å². The van der Waals surface area contributed by atoms with E-state index in [2.05, 4.69) is 12.4 Å². The van der Waals surface area contributed by atoms with Crippen LogP contribution in [-0.2, 0) is 4.74 Å². The number of rotatable bonds is 3. The standard InChI is InChI=1S/C13H25NO/c1-14-13(11-6-3-2-4-7-11)12-8-5-9-15-10-12/h11-14H,2-10H2,1H3. The summed E-state index contributed by atoms with van der Waals surface area (Å²) in [7, 11) is 2.13. The fourth-order valence-electron chi connectivity index (χ4n) is 3.40. The molecule has 0 aromatic carbocycles. The van der Waals surface area contributed by atoms with Crippen molar-refractivity contribution in [3.05, 3.63) is 0 Å². The second-order valence-electron chi connectivity index (χ2n) is 5.19. The van der Waals surface area contributed by atoms with Crippen LogP contribution in [0.1, 0.15) is 44.9 Å². The molecule has 0 radical (unpaired) electrons. The molecule has 0 amide bonds. The van der Waals surface area contributed by atoms with Crippen LogP contribution in [0.25, 0.3) is 0 Å². The molecule has 1 saturated carbocycles. The van der Waals surface area contributed by atoms with Gasteiger partial charge in [0.15, 0.2) is 0 Å². The van der Waals surface area contributed by atoms with Gasteiger partial charge in [-0.3, -0.25) is 0 Å². The van der Waals surface area contributed by atoms with E-state index in [4.69, 9.17) is 4.74 Å². The molecule has 0 spiro atoms. The first-order valence-electron chi connectivity index (χ1n) is 6.67. The zero-order valence-electron chi connectivity index (χ0n) is 10.0. The highest BCUT2D eigenvalue weighted by Gasteiger charge is 2.30. The maximum atomic E-state index is 5.62. The summed E-state index contributed by atoms with van der Waals surface area (Å²) in [6, 6.07) is 0.714. The molecule has 2 nitrogen and oxygen atoms in total. The van der Waals surface area contributed by atoms with Crippen molar-refractivity contribution in [1.82, 2.24) is 5.32 Å². The second-order valence-corrected chi connectivity index (χ2v) is 5.19. The Balaban J connectivity index is 1.88. The second kappa shape index (κ2) is 5.86. The van der Waals surface area contributed by atoms with Gasteiger partial charge in [-0.2, -0.15) is 0 Å². The Kier molecular flexibility index (Phi) is 4.45. The summed E-state index contributed by atoms with van der Waals surface area (Å²) >= 11 is 0. The van der Waals surface area contributed by atoms with E-state index in [1.165, 1.54) is 44.9 Å². The first-order chi connectivity index (χ1) is 7.42. The van der Waals surface area contributed by atoms with Gasteiger partial charge in [-0.1, -0.05) is 19.3 Å². The highest BCUT2D eigenvalue weighted by Crippen LogP contribution is 2.32. The topological polar surface area (TPSA) is 21.3 Å². The molecule has 2 aliphatic rings. The summed E-state index contributed by atoms with van der Waals surface area (Å²) in [5.74, 6) is 1.68. The Morgan fingerprint density at radius 1 is 1.00 bits per heavy atom. The molecular weight excluding hydrogens is 186 g/mol. The molecule has 1 aliphatic heterocycles. The fraction of sp³-hybridized carbons (Fsp3) is 1.00. The average Bonchev–Trinajstić information content (AvgIpc) is 2.33. The predicted octanol–water partition coefficient (Wildman–Crippen LogP) is 2.58. The lowest BCUT2D eigenvalue weighted by Gasteiger charge is -2.37. The minimum atomic E-state index is 0.714. The van der Waals surface area contributed by atoms with Crippen LogP contribution in [0.15, 0.2) is 0 Å². The summed E-state index contributed by atoms with van der Waals surface area (Å²) in [6.07, 6.45) is 9.82. The highest BCUT2D eigenvalue weighted by molar-refractivity contribution is 4.85. The molecule has 1 aliphatic carbocycles. The number of ether oxygens (including phenoxy) is 1. The van der Waals surface area contributed by atoms with E-state index in [0.29, 0.717) is 6.04 Å². The summed E-state index contributed by atoms with van der Waals surface area (Å²) in [5.41, 5.74) is 0. The molecule has 0 aromatic heterocycles. The third-order valence-corrected chi connectivity index (χ3v) is 4.19. The van der Waals surface area contributed by atoms with Gasteiger partial charge in [0.05, 0.1) is 6.61 Å². The predicted molar refractivity (Wildman–Crippen MR) is 63.0 cm³/mol. The monoisotopic (exact) mass is 211 g/mol. The molecule has 0 aromatic rings. The minimum Gasteiger partial charge on any atom is -0.381 e. The van der Waals surface area contributed by atoms with Gasteiger partial charge >= 0.3 is 0 Å². The molecule has 2 fully saturated rings. The Morgan fingerprint density at radius 3 is 2.33 bits per heavy atom. The quantitative estimate of drug-likeness (QED) is 0.774. The zero-order chi connectivity index (χ0) is 10.5. The lowest BCUT2D eigenvalue weighted by atomic mass is 9.77. The molecule has 88 valence electrons. The molecule has 15 heavy (non-hydrogen) atoms. The van der Waals surface area contributed by atoms with Crippen LogP contribution < -0.4 is 5.32 Å². The van der Waals surface area contributed by atoms with Crippen LogP contribution in [0.2, 0.25) is 0 Å². The number of hydrogen-bond acceptors (Lipinski definition) is 2. The Labute approximate surface area is 93.8 Å². The summed E-state index contributed by atoms with van der Waals surface area (Å²) in [6.45, 7) is 1.97. The number of hydrogen-bond donors (Lipinski definition) is 1. The fourth-order valence-corrected chi connectivity index (χ4v) is 3.40. The third kappa shape index (κ3) is 2.94. The molecule has 2 atom stereocenters. The van der Waals surface area contributed by atoms with Crippen LogP contribution >= 0.6 is 0 Å². The number of nitrogens with one attached hydrogen (secondary N) is 1. The van der Waals surface area contributed by atoms with Crippen LogP contribution in [0.4, 0.5) is 0 Å². The van der Waals surface area contributed by atoms with Gasteiger partial charge in [-0.15, -0.1) is 0 Å². The van der Waals surface area contributed by atoms with E-state index in [1.807, 2.05) is 0 Å². The van der Waals surface area contributed by atoms with Gasteiger partial charge in [0.2, 0.25) is 0 Å². The van der Waals surface area contributed by atoms with Gasteiger partial charge in [-0.25, -0.2) is 0 Å². The van der Waals surface area contributed by atoms with Crippen LogP contribution in [0.3, 0.4) is 0 Å². The molecule has 1 N–H and O–H groups in total. The summed E-state index contributed by atoms with van der Waals surface area (Å²) in [4.78, 5) is 0. The molecule has 2 unspecified atom stereocenters. The first kappa shape index (κ1) is 11.4. The van der Waals surface area contributed by atoms with Crippen LogP contribution in [0, 0.1) is 11.8 Å². The lowest BCUT2D eigenvalue weighted by Crippen LogP contribution is -2.44. The highest BCUT2D eigenvalue weighted by atomic mass is 16.5. The largest absolute Gasteiger partial charge is 0.381 e. The first-order valence-corrected chi connectivity index (χ1v) is 6.67. The van der Waals surface area contributed by atoms with Crippen molar-refractivity contribution in [3.8, 4) is 0 Å². The Hall–Kier alpha value is -0.0800. The summed E-state index contributed by atoms with van der Waals surface area (Å²) < 4.78 is 5.62. The maximum Gasteiger partial charge on any atom is 0.0509 e. The van der Waals surface area contributed by atoms with E-state index >= 15 is 0 Å². The van der Waals surface area contributed by atoms with Crippen LogP contribution in [0.5, 0.6) is 0 Å². The van der Waals surface area contributed by atoms with Crippen molar-refractivity contribution in [2.45, 2.75) is 51.0 Å². The minimum absolute atomic E-state index is 0.714. The molecule has 1 heterocycles. The van der Waals surface area contributed by atoms with E-state index in [9.17, 15) is 0 Å². The van der Waals surface area contributed by atoms with E-state index in [1.54, 1.807) is 0 Å². The maximum absolute atomic E-state index is 5.62. The SMILES string of the molecule is CNC(C1CCCCC1)C1CCCOC1. The van der Waals surface area contributed by atoms with E-state index in [-0.39, 0.29) is 0 Å². The lowest BCUT2D eigenvalue weighted by molar-refractivity contribution is 0.0261. The summed E-state index contributed by atoms with van der Waals surface area (Å²) in [5, 5.41) is 3.56. The molecular formula is C13H25NO. The molecule has 1 saturated heterocycles. The van der Waals surface area contributed by atoms with Gasteiger partial charge in [0, 0.05) is 12.6 Å². The molecule has 0 bridgehead atoms. The van der Waals surface area contributed by atoms with Gasteiger partial charge in [0.1, 0.15) is 0 Å². The van der Waals surface area contributed by atoms with E-state index in [0.717, 1.165) is 25.0 Å². The van der Waals surface area contributed by atoms with Gasteiger partial charge in [0.25, 0.3) is 0 Å². The molecule has 2 heteroatoms. The Morgan fingerprint density at radius 2 is 1.73 bits per heavy atom. The zero-order valence-corrected chi connectivity index (χ0v) is 10.0. The van der Waals surface area contributed by atoms with Crippen molar-refractivity contribution in [2.75, 3.05) is 20.3 Å². The van der Waals surface area contributed by atoms with Crippen molar-refractivity contribution >= 4 is 0 Å². The van der Waals surface area contributed by atoms with Gasteiger partial charge < -0.3 is 10.1 Å². The van der Waals surface area contributed by atoms with E-state index < -0.39 is 0 Å². The Bertz CT molecular complexity index is 153. The van der Waals surface area contributed by atoms with Crippen LogP contribution in [-0.4, -0.2) is 26.3 Å². The normalized spacial score (nSPS) is 31.4. The van der Waals surface area contributed by atoms with Crippen molar-refractivity contribution < 1.29 is 4.74 Å². The third-order valence-electron chi connectivity index (χ3n) is 4.19. The van der Waals surface area contributed by atoms with Crippen molar-refractivity contribution in [2.24, 2.45) is 11.8 Å². The molecule has 2 rings (SSSR count). The smallest absolute Gasteiger partial charge is 0.0509 e. The average molecular weight is 211 g/mol.